The number of anilines is 2. The molecule has 2 aliphatic rings. The predicted molar refractivity (Wildman–Crippen MR) is 97.6 cm³/mol. The number of hydrogen-bond acceptors (Lipinski definition) is 3. The molecule has 0 unspecified atom stereocenters. The first-order valence-electron chi connectivity index (χ1n) is 8.25. The average molecular weight is 383 g/mol. The van der Waals surface area contributed by atoms with Crippen molar-refractivity contribution in [2.24, 2.45) is 0 Å². The molecule has 2 N–H and O–H groups in total. The number of nitrogens with one attached hydrogen (secondary N) is 2. The maximum Gasteiger partial charge on any atom is 0.240 e. The number of rotatable bonds is 1. The standard InChI is InChI=1S/C19H12ClFN4O2/c20-13-3-1-2-4-15(13)25-17-12(9-22-25)19(8-16(26)24-17)11-6-5-10(21)7-14(11)23-18(19)27/h1-7,9H,8H2,(H,23,27)(H,24,26)/t19-/m0/s1. The molecular weight excluding hydrogens is 371 g/mol. The summed E-state index contributed by atoms with van der Waals surface area (Å²) in [7, 11) is 0. The summed E-state index contributed by atoms with van der Waals surface area (Å²) in [5.41, 5.74) is 0.801. The fourth-order valence-corrected chi connectivity index (χ4v) is 4.10. The topological polar surface area (TPSA) is 76.0 Å². The Hall–Kier alpha value is -3.19. The zero-order valence-electron chi connectivity index (χ0n) is 13.8. The van der Waals surface area contributed by atoms with Gasteiger partial charge in [-0.2, -0.15) is 5.10 Å². The molecule has 8 heteroatoms. The van der Waals surface area contributed by atoms with Crippen LogP contribution >= 0.6 is 11.6 Å². The van der Waals surface area contributed by atoms with E-state index >= 15 is 0 Å². The predicted octanol–water partition coefficient (Wildman–Crippen LogP) is 3.25. The van der Waals surface area contributed by atoms with Gasteiger partial charge in [0.1, 0.15) is 17.1 Å². The Morgan fingerprint density at radius 3 is 2.74 bits per heavy atom. The third-order valence-electron chi connectivity index (χ3n) is 5.07. The van der Waals surface area contributed by atoms with Crippen LogP contribution in [0.2, 0.25) is 5.02 Å². The number of hydrogen-bond donors (Lipinski definition) is 2. The first-order chi connectivity index (χ1) is 13.0. The van der Waals surface area contributed by atoms with Gasteiger partial charge in [0, 0.05) is 17.7 Å². The lowest BCUT2D eigenvalue weighted by Crippen LogP contribution is -2.43. The number of carbonyl (C=O) groups is 2. The SMILES string of the molecule is O=C1C[C@@]2(C(=O)Nc3cc(F)ccc32)c2cnn(-c3ccccc3Cl)c2N1. The summed E-state index contributed by atoms with van der Waals surface area (Å²) in [6, 6.07) is 11.1. The van der Waals surface area contributed by atoms with Crippen molar-refractivity contribution >= 4 is 34.9 Å². The molecule has 0 aliphatic carbocycles. The molecule has 5 rings (SSSR count). The lowest BCUT2D eigenvalue weighted by molar-refractivity contribution is -0.125. The molecule has 2 aliphatic heterocycles. The van der Waals surface area contributed by atoms with Gasteiger partial charge in [0.2, 0.25) is 11.8 Å². The van der Waals surface area contributed by atoms with E-state index in [2.05, 4.69) is 15.7 Å². The molecule has 0 fully saturated rings. The molecule has 1 spiro atoms. The summed E-state index contributed by atoms with van der Waals surface area (Å²) < 4.78 is 15.1. The molecule has 134 valence electrons. The summed E-state index contributed by atoms with van der Waals surface area (Å²) in [6.45, 7) is 0. The zero-order chi connectivity index (χ0) is 18.8. The smallest absolute Gasteiger partial charge is 0.240 e. The van der Waals surface area contributed by atoms with Crippen LogP contribution in [0.15, 0.2) is 48.7 Å². The lowest BCUT2D eigenvalue weighted by atomic mass is 9.72. The highest BCUT2D eigenvalue weighted by Crippen LogP contribution is 2.50. The second kappa shape index (κ2) is 5.40. The Morgan fingerprint density at radius 1 is 1.11 bits per heavy atom. The Bertz CT molecular complexity index is 1140. The van der Waals surface area contributed by atoms with Crippen LogP contribution in [0.5, 0.6) is 0 Å². The minimum atomic E-state index is -1.25. The molecule has 2 amide bonds. The van der Waals surface area contributed by atoms with E-state index in [0.717, 1.165) is 0 Å². The zero-order valence-corrected chi connectivity index (χ0v) is 14.5. The molecule has 0 saturated heterocycles. The normalized spacial score (nSPS) is 20.2. The van der Waals surface area contributed by atoms with Crippen LogP contribution in [0.1, 0.15) is 17.5 Å². The van der Waals surface area contributed by atoms with E-state index in [4.69, 9.17) is 11.6 Å². The third-order valence-corrected chi connectivity index (χ3v) is 5.39. The number of halogens is 2. The Labute approximate surface area is 157 Å². The fourth-order valence-electron chi connectivity index (χ4n) is 3.89. The van der Waals surface area contributed by atoms with E-state index in [1.807, 2.05) is 0 Å². The number of carbonyl (C=O) groups excluding carboxylic acids is 2. The second-order valence-corrected chi connectivity index (χ2v) is 6.95. The monoisotopic (exact) mass is 382 g/mol. The van der Waals surface area contributed by atoms with E-state index < -0.39 is 11.2 Å². The summed E-state index contributed by atoms with van der Waals surface area (Å²) in [4.78, 5) is 25.5. The van der Waals surface area contributed by atoms with Gasteiger partial charge in [-0.25, -0.2) is 9.07 Å². The first-order valence-corrected chi connectivity index (χ1v) is 8.63. The van der Waals surface area contributed by atoms with Gasteiger partial charge in [0.05, 0.1) is 16.9 Å². The van der Waals surface area contributed by atoms with Crippen LogP contribution in [-0.2, 0) is 15.0 Å². The largest absolute Gasteiger partial charge is 0.325 e. The highest BCUT2D eigenvalue weighted by atomic mass is 35.5. The van der Waals surface area contributed by atoms with Crippen LogP contribution in [-0.4, -0.2) is 21.6 Å². The molecule has 0 radical (unpaired) electrons. The van der Waals surface area contributed by atoms with Crippen LogP contribution in [0.4, 0.5) is 15.9 Å². The molecule has 1 atom stereocenters. The van der Waals surface area contributed by atoms with Crippen LogP contribution in [0, 0.1) is 5.82 Å². The Balaban J connectivity index is 1.78. The quantitative estimate of drug-likeness (QED) is 0.678. The molecule has 2 aromatic carbocycles. The number of aromatic nitrogens is 2. The number of amides is 2. The van der Waals surface area contributed by atoms with Gasteiger partial charge in [-0.15, -0.1) is 0 Å². The maximum atomic E-state index is 13.6. The second-order valence-electron chi connectivity index (χ2n) is 6.54. The molecule has 3 aromatic rings. The van der Waals surface area contributed by atoms with Crippen molar-refractivity contribution in [2.75, 3.05) is 10.6 Å². The van der Waals surface area contributed by atoms with Gasteiger partial charge in [-0.1, -0.05) is 29.8 Å². The average Bonchev–Trinajstić information content (AvgIpc) is 3.15. The van der Waals surface area contributed by atoms with Crippen molar-refractivity contribution in [1.82, 2.24) is 9.78 Å². The van der Waals surface area contributed by atoms with Crippen molar-refractivity contribution in [3.63, 3.8) is 0 Å². The van der Waals surface area contributed by atoms with E-state index in [9.17, 15) is 14.0 Å². The minimum absolute atomic E-state index is 0.0846. The van der Waals surface area contributed by atoms with Gasteiger partial charge in [0.25, 0.3) is 0 Å². The first kappa shape index (κ1) is 16.0. The Kier molecular flexibility index (Phi) is 3.21. The molecule has 6 nitrogen and oxygen atoms in total. The molecule has 0 bridgehead atoms. The van der Waals surface area contributed by atoms with Crippen LogP contribution < -0.4 is 10.6 Å². The van der Waals surface area contributed by atoms with Crippen molar-refractivity contribution in [3.05, 3.63) is 70.6 Å². The van der Waals surface area contributed by atoms with Gasteiger partial charge in [-0.3, -0.25) is 9.59 Å². The van der Waals surface area contributed by atoms with E-state index in [1.54, 1.807) is 30.5 Å². The minimum Gasteiger partial charge on any atom is -0.325 e. The molecular formula is C19H12ClFN4O2. The van der Waals surface area contributed by atoms with Gasteiger partial charge >= 0.3 is 0 Å². The molecule has 27 heavy (non-hydrogen) atoms. The van der Waals surface area contributed by atoms with Gasteiger partial charge in [0.15, 0.2) is 0 Å². The third kappa shape index (κ3) is 2.09. The molecule has 3 heterocycles. The van der Waals surface area contributed by atoms with Crippen molar-refractivity contribution in [1.29, 1.82) is 0 Å². The fraction of sp³-hybridized carbons (Fsp3) is 0.105. The number of benzene rings is 2. The summed E-state index contributed by atoms with van der Waals surface area (Å²) in [6.07, 6.45) is 1.47. The molecule has 0 saturated carbocycles. The van der Waals surface area contributed by atoms with Crippen LogP contribution in [0.25, 0.3) is 5.69 Å². The number of nitrogens with zero attached hydrogens (tertiary/aromatic N) is 2. The van der Waals surface area contributed by atoms with Gasteiger partial charge < -0.3 is 10.6 Å². The summed E-state index contributed by atoms with van der Waals surface area (Å²) >= 11 is 6.28. The Morgan fingerprint density at radius 2 is 1.93 bits per heavy atom. The summed E-state index contributed by atoms with van der Waals surface area (Å²) in [5.74, 6) is -0.786. The van der Waals surface area contributed by atoms with E-state index in [0.29, 0.717) is 33.3 Å². The summed E-state index contributed by atoms with van der Waals surface area (Å²) in [5, 5.41) is 10.3. The van der Waals surface area contributed by atoms with Crippen molar-refractivity contribution in [2.45, 2.75) is 11.8 Å². The number of para-hydroxylation sites is 1. The van der Waals surface area contributed by atoms with Crippen molar-refractivity contribution in [3.8, 4) is 5.69 Å². The molecule has 1 aromatic heterocycles. The lowest BCUT2D eigenvalue weighted by Gasteiger charge is -2.31. The maximum absolute atomic E-state index is 13.6. The van der Waals surface area contributed by atoms with Gasteiger partial charge in [-0.05, 0) is 29.8 Å². The highest BCUT2D eigenvalue weighted by Gasteiger charge is 2.54. The number of fused-ring (bicyclic) bond motifs is 4. The van der Waals surface area contributed by atoms with Crippen molar-refractivity contribution < 1.29 is 14.0 Å². The van der Waals surface area contributed by atoms with E-state index in [-0.39, 0.29) is 18.2 Å². The highest BCUT2D eigenvalue weighted by molar-refractivity contribution is 6.32. The van der Waals surface area contributed by atoms with Crippen LogP contribution in [0.3, 0.4) is 0 Å². The van der Waals surface area contributed by atoms with E-state index in [1.165, 1.54) is 22.9 Å².